The van der Waals surface area contributed by atoms with Crippen LogP contribution in [-0.2, 0) is 6.42 Å². The predicted octanol–water partition coefficient (Wildman–Crippen LogP) is 3.47. The highest BCUT2D eigenvalue weighted by molar-refractivity contribution is 5.95. The van der Waals surface area contributed by atoms with E-state index in [1.165, 1.54) is 5.56 Å². The fraction of sp³-hybridized carbons (Fsp3) is 0.188. The van der Waals surface area contributed by atoms with Crippen molar-refractivity contribution in [1.82, 2.24) is 0 Å². The highest BCUT2D eigenvalue weighted by atomic mass is 16.4. The molecule has 0 fully saturated rings. The third kappa shape index (κ3) is 2.08. The lowest BCUT2D eigenvalue weighted by molar-refractivity contribution is 0.0697. The van der Waals surface area contributed by atoms with Crippen molar-refractivity contribution in [3.63, 3.8) is 0 Å². The lowest BCUT2D eigenvalue weighted by Crippen LogP contribution is -2.26. The summed E-state index contributed by atoms with van der Waals surface area (Å²) in [6, 6.07) is 15.4. The van der Waals surface area contributed by atoms with Gasteiger partial charge in [-0.05, 0) is 36.6 Å². The number of carboxylic acid groups (broad SMARTS) is 1. The zero-order chi connectivity index (χ0) is 13.2. The minimum atomic E-state index is -0.876. The minimum Gasteiger partial charge on any atom is -0.478 e. The van der Waals surface area contributed by atoms with Gasteiger partial charge in [0.05, 0.1) is 11.3 Å². The van der Waals surface area contributed by atoms with Crippen LogP contribution in [-0.4, -0.2) is 17.6 Å². The fourth-order valence-corrected chi connectivity index (χ4v) is 2.67. The second kappa shape index (κ2) is 4.76. The summed E-state index contributed by atoms with van der Waals surface area (Å²) in [6.45, 7) is 0.862. The quantitative estimate of drug-likeness (QED) is 0.890. The van der Waals surface area contributed by atoms with Gasteiger partial charge in [-0.2, -0.15) is 0 Å². The predicted molar refractivity (Wildman–Crippen MR) is 75.2 cm³/mol. The van der Waals surface area contributed by atoms with E-state index < -0.39 is 5.97 Å². The van der Waals surface area contributed by atoms with Crippen molar-refractivity contribution in [3.8, 4) is 0 Å². The summed E-state index contributed by atoms with van der Waals surface area (Å²) < 4.78 is 0. The van der Waals surface area contributed by atoms with E-state index in [-0.39, 0.29) is 0 Å². The van der Waals surface area contributed by atoms with E-state index in [0.717, 1.165) is 30.8 Å². The van der Waals surface area contributed by atoms with E-state index in [1.807, 2.05) is 24.3 Å². The maximum atomic E-state index is 11.3. The van der Waals surface area contributed by atoms with E-state index in [2.05, 4.69) is 17.0 Å². The number of hydrogen-bond donors (Lipinski definition) is 1. The number of nitrogens with zero attached hydrogens (tertiary/aromatic N) is 1. The molecule has 0 unspecified atom stereocenters. The Kier molecular flexibility index (Phi) is 2.95. The van der Waals surface area contributed by atoms with Crippen LogP contribution in [0.1, 0.15) is 22.3 Å². The Bertz CT molecular complexity index is 622. The summed E-state index contributed by atoms with van der Waals surface area (Å²) in [6.07, 6.45) is 2.10. The lowest BCUT2D eigenvalue weighted by Gasteiger charge is -2.32. The van der Waals surface area contributed by atoms with E-state index in [1.54, 1.807) is 12.1 Å². The Morgan fingerprint density at radius 1 is 1.00 bits per heavy atom. The number of aromatic carboxylic acids is 1. The molecule has 1 aliphatic rings. The van der Waals surface area contributed by atoms with E-state index in [4.69, 9.17) is 0 Å². The first-order valence-electron chi connectivity index (χ1n) is 6.45. The molecule has 0 atom stereocenters. The van der Waals surface area contributed by atoms with Gasteiger partial charge >= 0.3 is 5.97 Å². The summed E-state index contributed by atoms with van der Waals surface area (Å²) >= 11 is 0. The molecule has 0 saturated carbocycles. The second-order valence-corrected chi connectivity index (χ2v) is 4.71. The van der Waals surface area contributed by atoms with E-state index >= 15 is 0 Å². The molecule has 1 aliphatic heterocycles. The van der Waals surface area contributed by atoms with E-state index in [0.29, 0.717) is 5.56 Å². The third-order valence-electron chi connectivity index (χ3n) is 3.54. The molecule has 1 heterocycles. The van der Waals surface area contributed by atoms with Gasteiger partial charge in [-0.3, -0.25) is 0 Å². The number of carbonyl (C=O) groups is 1. The van der Waals surface area contributed by atoms with Crippen molar-refractivity contribution in [1.29, 1.82) is 0 Å². The van der Waals surface area contributed by atoms with Gasteiger partial charge in [0.2, 0.25) is 0 Å². The molecule has 0 bridgehead atoms. The van der Waals surface area contributed by atoms with Gasteiger partial charge in [-0.15, -0.1) is 0 Å². The highest BCUT2D eigenvalue weighted by Crippen LogP contribution is 2.34. The van der Waals surface area contributed by atoms with Crippen molar-refractivity contribution in [3.05, 3.63) is 59.7 Å². The molecule has 96 valence electrons. The Morgan fingerprint density at radius 3 is 2.47 bits per heavy atom. The van der Waals surface area contributed by atoms with Crippen LogP contribution in [0.2, 0.25) is 0 Å². The molecule has 2 aromatic rings. The first-order valence-corrected chi connectivity index (χ1v) is 6.45. The molecule has 3 heteroatoms. The number of benzene rings is 2. The molecule has 19 heavy (non-hydrogen) atoms. The van der Waals surface area contributed by atoms with Crippen LogP contribution in [0.4, 0.5) is 11.4 Å². The number of aryl methyl sites for hydroxylation is 1. The van der Waals surface area contributed by atoms with Gasteiger partial charge in [-0.1, -0.05) is 30.3 Å². The Morgan fingerprint density at radius 2 is 1.68 bits per heavy atom. The Hall–Kier alpha value is -2.29. The average Bonchev–Trinajstić information content (AvgIpc) is 2.46. The number of fused-ring (bicyclic) bond motifs is 1. The fourth-order valence-electron chi connectivity index (χ4n) is 2.67. The second-order valence-electron chi connectivity index (χ2n) is 4.71. The number of carboxylic acids is 1. The molecular weight excluding hydrogens is 238 g/mol. The van der Waals surface area contributed by atoms with Crippen LogP contribution in [0.25, 0.3) is 0 Å². The number of hydrogen-bond acceptors (Lipinski definition) is 2. The van der Waals surface area contributed by atoms with Gasteiger partial charge in [-0.25, -0.2) is 4.79 Å². The molecule has 0 amide bonds. The summed E-state index contributed by atoms with van der Waals surface area (Å²) in [4.78, 5) is 13.5. The van der Waals surface area contributed by atoms with Crippen molar-refractivity contribution in [2.45, 2.75) is 12.8 Å². The van der Waals surface area contributed by atoms with Gasteiger partial charge in [0.15, 0.2) is 0 Å². The average molecular weight is 253 g/mol. The zero-order valence-electron chi connectivity index (χ0n) is 10.5. The zero-order valence-corrected chi connectivity index (χ0v) is 10.5. The van der Waals surface area contributed by atoms with Gasteiger partial charge in [0.25, 0.3) is 0 Å². The van der Waals surface area contributed by atoms with Crippen LogP contribution in [0.5, 0.6) is 0 Å². The van der Waals surface area contributed by atoms with Crippen molar-refractivity contribution in [2.24, 2.45) is 0 Å². The molecule has 3 nitrogen and oxygen atoms in total. The topological polar surface area (TPSA) is 40.5 Å². The van der Waals surface area contributed by atoms with Crippen LogP contribution in [0, 0.1) is 0 Å². The summed E-state index contributed by atoms with van der Waals surface area (Å²) in [5.74, 6) is -0.876. The van der Waals surface area contributed by atoms with Gasteiger partial charge < -0.3 is 10.0 Å². The van der Waals surface area contributed by atoms with Crippen LogP contribution in [0.15, 0.2) is 48.5 Å². The first kappa shape index (κ1) is 11.8. The third-order valence-corrected chi connectivity index (χ3v) is 3.54. The standard InChI is InChI=1S/C16H15NO2/c18-16(19)13-8-2-4-10-15(13)17-11-5-7-12-6-1-3-9-14(12)17/h1-4,6,8-10H,5,7,11H2,(H,18,19). The van der Waals surface area contributed by atoms with Crippen LogP contribution in [0.3, 0.4) is 0 Å². The number of rotatable bonds is 2. The number of anilines is 2. The molecule has 3 rings (SSSR count). The van der Waals surface area contributed by atoms with E-state index in [9.17, 15) is 9.90 Å². The SMILES string of the molecule is O=C(O)c1ccccc1N1CCCc2ccccc21. The molecule has 1 N–H and O–H groups in total. The number of para-hydroxylation sites is 2. The molecule has 0 aromatic heterocycles. The Labute approximate surface area is 112 Å². The lowest BCUT2D eigenvalue weighted by atomic mass is 10.00. The minimum absolute atomic E-state index is 0.360. The first-order chi connectivity index (χ1) is 9.27. The monoisotopic (exact) mass is 253 g/mol. The normalized spacial score (nSPS) is 14.0. The Balaban J connectivity index is 2.12. The van der Waals surface area contributed by atoms with Gasteiger partial charge in [0.1, 0.15) is 0 Å². The molecular formula is C16H15NO2. The molecule has 0 aliphatic carbocycles. The van der Waals surface area contributed by atoms with Crippen LogP contribution < -0.4 is 4.90 Å². The molecule has 0 spiro atoms. The largest absolute Gasteiger partial charge is 0.478 e. The summed E-state index contributed by atoms with van der Waals surface area (Å²) in [5.41, 5.74) is 3.55. The molecule has 0 radical (unpaired) electrons. The van der Waals surface area contributed by atoms with Crippen molar-refractivity contribution >= 4 is 17.3 Å². The van der Waals surface area contributed by atoms with Crippen molar-refractivity contribution < 1.29 is 9.90 Å². The smallest absolute Gasteiger partial charge is 0.337 e. The van der Waals surface area contributed by atoms with Crippen LogP contribution >= 0.6 is 0 Å². The maximum Gasteiger partial charge on any atom is 0.337 e. The maximum absolute atomic E-state index is 11.3. The summed E-state index contributed by atoms with van der Waals surface area (Å²) in [5, 5.41) is 9.32. The summed E-state index contributed by atoms with van der Waals surface area (Å²) in [7, 11) is 0. The molecule has 0 saturated heterocycles. The highest BCUT2D eigenvalue weighted by Gasteiger charge is 2.21. The molecule has 2 aromatic carbocycles. The van der Waals surface area contributed by atoms with Gasteiger partial charge in [0, 0.05) is 12.2 Å². The van der Waals surface area contributed by atoms with Crippen molar-refractivity contribution in [2.75, 3.05) is 11.4 Å².